The number of aliphatic hydroxyl groups is 1. The smallest absolute Gasteiger partial charge is 0.116 e. The van der Waals surface area contributed by atoms with Crippen LogP contribution in [0, 0.1) is 11.3 Å². The van der Waals surface area contributed by atoms with Crippen molar-refractivity contribution >= 4 is 0 Å². The maximum atomic E-state index is 9.15. The van der Waals surface area contributed by atoms with Gasteiger partial charge in [0.25, 0.3) is 0 Å². The molecule has 1 unspecified atom stereocenters. The van der Waals surface area contributed by atoms with Crippen molar-refractivity contribution in [2.75, 3.05) is 27.7 Å². The summed E-state index contributed by atoms with van der Waals surface area (Å²) in [7, 11) is 5.96. The molecular weight excluding hydrogens is 128 g/mol. The molecule has 0 aromatic rings. The van der Waals surface area contributed by atoms with E-state index in [-0.39, 0.29) is 6.42 Å². The number of aliphatic hydroxyl groups excluding tert-OH is 1. The van der Waals surface area contributed by atoms with Gasteiger partial charge in [0.05, 0.1) is 33.6 Å². The predicted octanol–water partition coefficient (Wildman–Crippen LogP) is -0.0328. The third-order valence-electron chi connectivity index (χ3n) is 1.09. The third-order valence-corrected chi connectivity index (χ3v) is 1.09. The van der Waals surface area contributed by atoms with Gasteiger partial charge in [-0.3, -0.25) is 0 Å². The van der Waals surface area contributed by atoms with Crippen molar-refractivity contribution in [1.82, 2.24) is 0 Å². The van der Waals surface area contributed by atoms with Gasteiger partial charge in [-0.05, 0) is 0 Å². The largest absolute Gasteiger partial charge is 0.386 e. The topological polar surface area (TPSA) is 44.0 Å². The van der Waals surface area contributed by atoms with Crippen molar-refractivity contribution in [3.8, 4) is 6.07 Å². The van der Waals surface area contributed by atoms with E-state index in [2.05, 4.69) is 0 Å². The minimum atomic E-state index is -0.481. The molecular formula is C7H15N2O+. The van der Waals surface area contributed by atoms with Gasteiger partial charge in [0.1, 0.15) is 12.6 Å². The van der Waals surface area contributed by atoms with Crippen LogP contribution in [0.1, 0.15) is 6.42 Å². The molecule has 58 valence electrons. The Hall–Kier alpha value is -0.590. The molecule has 0 aliphatic rings. The molecule has 0 fully saturated rings. The molecule has 0 aromatic carbocycles. The molecule has 1 N–H and O–H groups in total. The summed E-state index contributed by atoms with van der Waals surface area (Å²) in [6.45, 7) is 0.633. The number of rotatable bonds is 3. The molecule has 0 bridgehead atoms. The van der Waals surface area contributed by atoms with Crippen molar-refractivity contribution in [2.45, 2.75) is 12.5 Å². The van der Waals surface area contributed by atoms with Gasteiger partial charge in [-0.15, -0.1) is 0 Å². The second kappa shape index (κ2) is 3.55. The van der Waals surface area contributed by atoms with E-state index in [1.165, 1.54) is 0 Å². The molecule has 0 amide bonds. The second-order valence-electron chi connectivity index (χ2n) is 3.49. The van der Waals surface area contributed by atoms with Crippen LogP contribution in [0.25, 0.3) is 0 Å². The van der Waals surface area contributed by atoms with Crippen molar-refractivity contribution < 1.29 is 9.59 Å². The molecule has 0 radical (unpaired) electrons. The van der Waals surface area contributed by atoms with Crippen LogP contribution < -0.4 is 0 Å². The Bertz CT molecular complexity index is 132. The van der Waals surface area contributed by atoms with Crippen molar-refractivity contribution in [1.29, 1.82) is 5.26 Å². The molecule has 0 rings (SSSR count). The molecule has 0 aromatic heterocycles. The van der Waals surface area contributed by atoms with E-state index in [1.54, 1.807) is 0 Å². The first-order valence-electron chi connectivity index (χ1n) is 3.31. The summed E-state index contributed by atoms with van der Waals surface area (Å²) < 4.78 is 0.697. The zero-order chi connectivity index (χ0) is 8.20. The van der Waals surface area contributed by atoms with E-state index < -0.39 is 6.10 Å². The molecule has 0 aliphatic heterocycles. The Balaban J connectivity index is 3.60. The molecule has 0 heterocycles. The Kier molecular flexibility index (Phi) is 3.34. The Morgan fingerprint density at radius 3 is 2.30 bits per heavy atom. The minimum Gasteiger partial charge on any atom is -0.386 e. The van der Waals surface area contributed by atoms with Gasteiger partial charge < -0.3 is 9.59 Å². The lowest BCUT2D eigenvalue weighted by molar-refractivity contribution is -0.873. The Morgan fingerprint density at radius 1 is 1.50 bits per heavy atom. The van der Waals surface area contributed by atoms with Crippen molar-refractivity contribution in [3.05, 3.63) is 0 Å². The summed E-state index contributed by atoms with van der Waals surface area (Å²) in [5, 5.41) is 17.4. The highest BCUT2D eigenvalue weighted by Gasteiger charge is 2.14. The highest BCUT2D eigenvalue weighted by Crippen LogP contribution is 1.97. The van der Waals surface area contributed by atoms with Gasteiger partial charge in [-0.25, -0.2) is 0 Å². The zero-order valence-corrected chi connectivity index (χ0v) is 6.83. The van der Waals surface area contributed by atoms with Crippen LogP contribution in [0.5, 0.6) is 0 Å². The average molecular weight is 143 g/mol. The molecule has 3 heteroatoms. The molecule has 0 aliphatic carbocycles. The first-order valence-corrected chi connectivity index (χ1v) is 3.31. The van der Waals surface area contributed by atoms with Crippen LogP contribution in [0.4, 0.5) is 0 Å². The molecule has 0 spiro atoms. The Labute approximate surface area is 62.1 Å². The van der Waals surface area contributed by atoms with Crippen LogP contribution in [0.3, 0.4) is 0 Å². The molecule has 0 saturated heterocycles. The maximum Gasteiger partial charge on any atom is 0.116 e. The monoisotopic (exact) mass is 143 g/mol. The van der Waals surface area contributed by atoms with Gasteiger partial charge in [0.2, 0.25) is 0 Å². The zero-order valence-electron chi connectivity index (χ0n) is 6.83. The van der Waals surface area contributed by atoms with Gasteiger partial charge in [0.15, 0.2) is 0 Å². The standard InChI is InChI=1S/C7H15N2O/c1-9(2,3)6-7(10)4-5-8/h7,10H,4,6H2,1-3H3/q+1. The van der Waals surface area contributed by atoms with Crippen LogP contribution >= 0.6 is 0 Å². The summed E-state index contributed by atoms with van der Waals surface area (Å²) in [4.78, 5) is 0. The fourth-order valence-corrected chi connectivity index (χ4v) is 0.802. The van der Waals surface area contributed by atoms with Crippen LogP contribution in [0.15, 0.2) is 0 Å². The van der Waals surface area contributed by atoms with E-state index in [4.69, 9.17) is 10.4 Å². The predicted molar refractivity (Wildman–Crippen MR) is 39.1 cm³/mol. The van der Waals surface area contributed by atoms with Crippen molar-refractivity contribution in [3.63, 3.8) is 0 Å². The molecule has 3 nitrogen and oxygen atoms in total. The highest BCUT2D eigenvalue weighted by molar-refractivity contribution is 4.74. The number of likely N-dealkylation sites (N-methyl/N-ethyl adjacent to an activating group) is 1. The fourth-order valence-electron chi connectivity index (χ4n) is 0.802. The summed E-state index contributed by atoms with van der Waals surface area (Å²) in [6.07, 6.45) is -0.250. The quantitative estimate of drug-likeness (QED) is 0.564. The first kappa shape index (κ1) is 9.41. The lowest BCUT2D eigenvalue weighted by Crippen LogP contribution is -2.41. The van der Waals surface area contributed by atoms with E-state index >= 15 is 0 Å². The molecule has 1 atom stereocenters. The van der Waals surface area contributed by atoms with Gasteiger partial charge in [0, 0.05) is 0 Å². The summed E-state index contributed by atoms with van der Waals surface area (Å²) in [6, 6.07) is 1.93. The molecule has 10 heavy (non-hydrogen) atoms. The van der Waals surface area contributed by atoms with E-state index in [0.29, 0.717) is 11.0 Å². The number of nitrogens with zero attached hydrogens (tertiary/aromatic N) is 2. The van der Waals surface area contributed by atoms with Crippen LogP contribution in [0.2, 0.25) is 0 Å². The Morgan fingerprint density at radius 2 is 2.00 bits per heavy atom. The normalized spacial score (nSPS) is 14.3. The third kappa shape index (κ3) is 5.54. The van der Waals surface area contributed by atoms with E-state index in [9.17, 15) is 0 Å². The SMILES string of the molecule is C[N+](C)(C)CC(O)CC#N. The minimum absolute atomic E-state index is 0.232. The van der Waals surface area contributed by atoms with Crippen LogP contribution in [-0.2, 0) is 0 Å². The first-order chi connectivity index (χ1) is 4.45. The van der Waals surface area contributed by atoms with Crippen molar-refractivity contribution in [2.24, 2.45) is 0 Å². The number of hydrogen-bond acceptors (Lipinski definition) is 2. The fraction of sp³-hybridized carbons (Fsp3) is 0.857. The summed E-state index contributed by atoms with van der Waals surface area (Å²) in [5.41, 5.74) is 0. The number of quaternary nitrogens is 1. The maximum absolute atomic E-state index is 9.15. The van der Waals surface area contributed by atoms with Gasteiger partial charge >= 0.3 is 0 Å². The van der Waals surface area contributed by atoms with E-state index in [1.807, 2.05) is 27.2 Å². The van der Waals surface area contributed by atoms with E-state index in [0.717, 1.165) is 0 Å². The molecule has 0 saturated carbocycles. The summed E-state index contributed by atoms with van der Waals surface area (Å²) in [5.74, 6) is 0. The number of hydrogen-bond donors (Lipinski definition) is 1. The lowest BCUT2D eigenvalue weighted by atomic mass is 10.2. The van der Waals surface area contributed by atoms with Gasteiger partial charge in [-0.1, -0.05) is 0 Å². The van der Waals surface area contributed by atoms with Gasteiger partial charge in [-0.2, -0.15) is 5.26 Å². The van der Waals surface area contributed by atoms with Crippen LogP contribution in [-0.4, -0.2) is 43.4 Å². The summed E-state index contributed by atoms with van der Waals surface area (Å²) >= 11 is 0. The highest BCUT2D eigenvalue weighted by atomic mass is 16.3. The second-order valence-corrected chi connectivity index (χ2v) is 3.49. The number of nitriles is 1. The lowest BCUT2D eigenvalue weighted by Gasteiger charge is -2.25. The average Bonchev–Trinajstić information content (AvgIpc) is 1.59.